The zero-order valence-corrected chi connectivity index (χ0v) is 18.9. The first-order chi connectivity index (χ1) is 13.8. The number of benzene rings is 3. The maximum atomic E-state index is 14.1. The van der Waals surface area contributed by atoms with Crippen molar-refractivity contribution in [1.82, 2.24) is 0 Å². The van der Waals surface area contributed by atoms with Crippen LogP contribution in [0.2, 0.25) is 25.2 Å². The lowest BCUT2D eigenvalue weighted by Crippen LogP contribution is -2.52. The van der Waals surface area contributed by atoms with Crippen molar-refractivity contribution in [2.45, 2.75) is 47.2 Å². The molecule has 0 radical (unpaired) electrons. The first kappa shape index (κ1) is 18.8. The molecule has 2 atom stereocenters. The molecule has 3 aliphatic carbocycles. The molecule has 0 saturated carbocycles. The van der Waals surface area contributed by atoms with Gasteiger partial charge in [0.2, 0.25) is 0 Å². The van der Waals surface area contributed by atoms with E-state index in [1.807, 2.05) is 18.2 Å². The number of hydrogen-bond acceptors (Lipinski definition) is 2. The van der Waals surface area contributed by atoms with Gasteiger partial charge in [0.05, 0.1) is 10.1 Å². The summed E-state index contributed by atoms with van der Waals surface area (Å²) in [5.41, 5.74) is 5.22. The van der Waals surface area contributed by atoms with Crippen LogP contribution in [0.4, 0.5) is 0 Å². The second-order valence-electron chi connectivity index (χ2n) is 9.43. The summed E-state index contributed by atoms with van der Waals surface area (Å²) in [5, 5.41) is -0.411. The Kier molecular flexibility index (Phi) is 4.16. The molecule has 0 aliphatic heterocycles. The fourth-order valence-corrected chi connectivity index (χ4v) is 12.1. The fraction of sp³-hybridized carbons (Fsp3) is 0.280. The Labute approximate surface area is 174 Å². The Balaban J connectivity index is 1.84. The molecule has 2 nitrogen and oxygen atoms in total. The van der Waals surface area contributed by atoms with Gasteiger partial charge < -0.3 is 0 Å². The minimum absolute atomic E-state index is 0.102. The molecule has 3 aromatic rings. The maximum absolute atomic E-state index is 14.1. The van der Waals surface area contributed by atoms with Gasteiger partial charge in [-0.2, -0.15) is 0 Å². The van der Waals surface area contributed by atoms with Crippen LogP contribution in [0.5, 0.6) is 0 Å². The molecular weight excluding hydrogens is 392 g/mol. The molecule has 2 bridgehead atoms. The van der Waals surface area contributed by atoms with Crippen molar-refractivity contribution in [3.8, 4) is 0 Å². The molecule has 0 unspecified atom stereocenters. The summed E-state index contributed by atoms with van der Waals surface area (Å²) in [6.45, 7) is 6.99. The first-order valence-corrected chi connectivity index (χ1v) is 15.4. The third kappa shape index (κ3) is 2.69. The summed E-state index contributed by atoms with van der Waals surface area (Å²) in [5.74, 6) is 0.0527. The van der Waals surface area contributed by atoms with Crippen LogP contribution in [-0.2, 0) is 9.84 Å². The van der Waals surface area contributed by atoms with E-state index in [1.54, 1.807) is 12.1 Å². The molecule has 148 valence electrons. The highest BCUT2D eigenvalue weighted by atomic mass is 32.2. The molecule has 3 aromatic carbocycles. The van der Waals surface area contributed by atoms with Crippen LogP contribution in [0.15, 0.2) is 83.8 Å². The van der Waals surface area contributed by atoms with E-state index < -0.39 is 23.2 Å². The van der Waals surface area contributed by atoms with Gasteiger partial charge in [-0.15, -0.1) is 0 Å². The molecular formula is C25H26O2SSi. The SMILES string of the molecule is C[Si](C)(C)[C@@H]1C2c3ccccc3C(c3ccccc32)[C@H]1S(=O)(=O)c1ccccc1. The van der Waals surface area contributed by atoms with E-state index in [1.165, 1.54) is 22.3 Å². The minimum atomic E-state index is -3.48. The minimum Gasteiger partial charge on any atom is -0.223 e. The van der Waals surface area contributed by atoms with Crippen molar-refractivity contribution < 1.29 is 8.42 Å². The second-order valence-corrected chi connectivity index (χ2v) is 16.9. The molecule has 29 heavy (non-hydrogen) atoms. The normalized spacial score (nSPS) is 25.3. The summed E-state index contributed by atoms with van der Waals surface area (Å²) >= 11 is 0. The Morgan fingerprint density at radius 1 is 0.621 bits per heavy atom. The molecule has 0 heterocycles. The van der Waals surface area contributed by atoms with Gasteiger partial charge >= 0.3 is 0 Å². The maximum Gasteiger partial charge on any atom is 0.182 e. The molecule has 0 spiro atoms. The molecule has 0 saturated heterocycles. The van der Waals surface area contributed by atoms with Gasteiger partial charge in [-0.3, -0.25) is 0 Å². The van der Waals surface area contributed by atoms with Gasteiger partial charge in [0.15, 0.2) is 9.84 Å². The van der Waals surface area contributed by atoms with Crippen LogP contribution in [-0.4, -0.2) is 21.7 Å². The fourth-order valence-electron chi connectivity index (χ4n) is 5.76. The van der Waals surface area contributed by atoms with Gasteiger partial charge in [0, 0.05) is 19.9 Å². The third-order valence-corrected chi connectivity index (χ3v) is 11.9. The number of sulfone groups is 1. The Morgan fingerprint density at radius 2 is 1.03 bits per heavy atom. The lowest BCUT2D eigenvalue weighted by molar-refractivity contribution is 0.483. The van der Waals surface area contributed by atoms with Crippen LogP contribution in [0.3, 0.4) is 0 Å². The Bertz CT molecular complexity index is 1130. The second kappa shape index (κ2) is 6.41. The summed E-state index contributed by atoms with van der Waals surface area (Å²) in [7, 11) is -5.31. The number of fused-ring (bicyclic) bond motifs is 1. The van der Waals surface area contributed by atoms with Crippen molar-refractivity contribution in [3.05, 3.63) is 101 Å². The van der Waals surface area contributed by atoms with Crippen LogP contribution in [0.25, 0.3) is 0 Å². The highest BCUT2D eigenvalue weighted by molar-refractivity contribution is 7.92. The lowest BCUT2D eigenvalue weighted by atomic mass is 9.63. The topological polar surface area (TPSA) is 34.1 Å². The van der Waals surface area contributed by atoms with E-state index >= 15 is 0 Å². The monoisotopic (exact) mass is 418 g/mol. The molecule has 4 heteroatoms. The lowest BCUT2D eigenvalue weighted by Gasteiger charge is -2.54. The van der Waals surface area contributed by atoms with Crippen molar-refractivity contribution >= 4 is 17.9 Å². The predicted octanol–water partition coefficient (Wildman–Crippen LogP) is 5.83. The highest BCUT2D eigenvalue weighted by Crippen LogP contribution is 2.62. The Hall–Kier alpha value is -2.17. The average molecular weight is 419 g/mol. The number of hydrogen-bond donors (Lipinski definition) is 0. The van der Waals surface area contributed by atoms with Crippen molar-refractivity contribution in [2.75, 3.05) is 0 Å². The van der Waals surface area contributed by atoms with E-state index in [0.717, 1.165) is 0 Å². The van der Waals surface area contributed by atoms with E-state index in [2.05, 4.69) is 68.2 Å². The van der Waals surface area contributed by atoms with E-state index in [4.69, 9.17) is 0 Å². The van der Waals surface area contributed by atoms with Gasteiger partial charge in [0.25, 0.3) is 0 Å². The van der Waals surface area contributed by atoms with Crippen LogP contribution < -0.4 is 0 Å². The Morgan fingerprint density at radius 3 is 1.48 bits per heavy atom. The third-order valence-electron chi connectivity index (χ3n) is 6.80. The summed E-state index contributed by atoms with van der Waals surface area (Å²) in [4.78, 5) is 0.454. The van der Waals surface area contributed by atoms with E-state index in [-0.39, 0.29) is 17.4 Å². The van der Waals surface area contributed by atoms with Gasteiger partial charge in [-0.1, -0.05) is 86.4 Å². The van der Waals surface area contributed by atoms with Crippen LogP contribution in [0, 0.1) is 0 Å². The molecule has 0 aromatic heterocycles. The van der Waals surface area contributed by atoms with E-state index in [0.29, 0.717) is 4.90 Å². The molecule has 3 aliphatic rings. The van der Waals surface area contributed by atoms with Gasteiger partial charge in [-0.05, 0) is 39.9 Å². The average Bonchev–Trinajstić information content (AvgIpc) is 2.73. The summed E-state index contributed by atoms with van der Waals surface area (Å²) in [6.07, 6.45) is 0. The van der Waals surface area contributed by atoms with Gasteiger partial charge in [-0.25, -0.2) is 8.42 Å². The molecule has 6 rings (SSSR count). The zero-order valence-electron chi connectivity index (χ0n) is 17.0. The molecule has 0 amide bonds. The van der Waals surface area contributed by atoms with Gasteiger partial charge in [0.1, 0.15) is 0 Å². The zero-order chi connectivity index (χ0) is 20.4. The van der Waals surface area contributed by atoms with Crippen molar-refractivity contribution in [1.29, 1.82) is 0 Å². The first-order valence-electron chi connectivity index (χ1n) is 10.3. The summed E-state index contributed by atoms with van der Waals surface area (Å²) in [6, 6.07) is 26.1. The molecule has 0 N–H and O–H groups in total. The predicted molar refractivity (Wildman–Crippen MR) is 121 cm³/mol. The smallest absolute Gasteiger partial charge is 0.182 e. The highest BCUT2D eigenvalue weighted by Gasteiger charge is 2.58. The van der Waals surface area contributed by atoms with Crippen LogP contribution in [0.1, 0.15) is 34.1 Å². The van der Waals surface area contributed by atoms with Crippen molar-refractivity contribution in [3.63, 3.8) is 0 Å². The van der Waals surface area contributed by atoms with Crippen molar-refractivity contribution in [2.24, 2.45) is 0 Å². The standard InChI is InChI=1S/C25H26O2SSi/c1-29(2,3)25-23-20-15-9-7-13-18(20)22(19-14-8-10-16-21(19)23)24(25)28(26,27)17-11-5-4-6-12-17/h4-16,22-25H,1-3H3/t22?,23?,24-,25-/m1/s1. The summed E-state index contributed by atoms with van der Waals surface area (Å²) < 4.78 is 28.2. The number of rotatable bonds is 3. The molecule has 0 fully saturated rings. The van der Waals surface area contributed by atoms with Crippen LogP contribution >= 0.6 is 0 Å². The quantitative estimate of drug-likeness (QED) is 0.502. The van der Waals surface area contributed by atoms with E-state index in [9.17, 15) is 8.42 Å². The largest absolute Gasteiger partial charge is 0.223 e.